The fourth-order valence-corrected chi connectivity index (χ4v) is 3.04. The maximum absolute atomic E-state index is 13.2. The average molecular weight is 308 g/mol. The molecule has 3 rings (SSSR count). The molecule has 3 amide bonds. The molecule has 7 heteroatoms. The monoisotopic (exact) mass is 308 g/mol. The van der Waals surface area contributed by atoms with E-state index in [4.69, 9.17) is 0 Å². The van der Waals surface area contributed by atoms with Gasteiger partial charge in [-0.3, -0.25) is 14.5 Å². The molecule has 0 atom stereocenters. The van der Waals surface area contributed by atoms with Gasteiger partial charge in [-0.05, 0) is 31.0 Å². The molecule has 5 nitrogen and oxygen atoms in total. The van der Waals surface area contributed by atoms with E-state index in [1.807, 2.05) is 0 Å². The molecular formula is C15H14F2N2O3. The summed E-state index contributed by atoms with van der Waals surface area (Å²) in [5, 5.41) is 2.66. The van der Waals surface area contributed by atoms with E-state index in [-0.39, 0.29) is 5.56 Å². The first kappa shape index (κ1) is 14.6. The van der Waals surface area contributed by atoms with E-state index in [1.165, 1.54) is 0 Å². The number of ketones is 1. The molecule has 22 heavy (non-hydrogen) atoms. The third-order valence-electron chi connectivity index (χ3n) is 4.25. The summed E-state index contributed by atoms with van der Waals surface area (Å²) < 4.78 is 26.0. The Morgan fingerprint density at radius 2 is 1.86 bits per heavy atom. The van der Waals surface area contributed by atoms with Gasteiger partial charge in [0.1, 0.15) is 5.54 Å². The molecule has 0 aromatic heterocycles. The Morgan fingerprint density at radius 1 is 1.18 bits per heavy atom. The highest BCUT2D eigenvalue weighted by Crippen LogP contribution is 2.35. The number of Topliss-reactive ketones (excluding diaryl/α,β-unsaturated/α-hetero) is 1. The van der Waals surface area contributed by atoms with Gasteiger partial charge in [-0.2, -0.15) is 0 Å². The van der Waals surface area contributed by atoms with Crippen molar-refractivity contribution in [2.45, 2.75) is 31.2 Å². The topological polar surface area (TPSA) is 66.5 Å². The summed E-state index contributed by atoms with van der Waals surface area (Å²) in [5.74, 6) is -3.23. The number of urea groups is 1. The van der Waals surface area contributed by atoms with Gasteiger partial charge in [-0.15, -0.1) is 0 Å². The van der Waals surface area contributed by atoms with Crippen LogP contribution in [0.4, 0.5) is 13.6 Å². The van der Waals surface area contributed by atoms with Crippen LogP contribution in [-0.4, -0.2) is 34.7 Å². The molecule has 0 unspecified atom stereocenters. The first-order chi connectivity index (χ1) is 10.4. The van der Waals surface area contributed by atoms with Gasteiger partial charge in [0, 0.05) is 5.56 Å². The molecule has 2 aliphatic rings. The molecule has 1 spiro atoms. The van der Waals surface area contributed by atoms with Crippen molar-refractivity contribution in [3.05, 3.63) is 35.4 Å². The van der Waals surface area contributed by atoms with Crippen LogP contribution in [0.25, 0.3) is 0 Å². The Hall–Kier alpha value is -2.31. The summed E-state index contributed by atoms with van der Waals surface area (Å²) in [6, 6.07) is 2.13. The largest absolute Gasteiger partial charge is 0.325 e. The molecule has 1 aliphatic carbocycles. The molecule has 1 aliphatic heterocycles. The third kappa shape index (κ3) is 2.26. The van der Waals surface area contributed by atoms with Gasteiger partial charge in [0.25, 0.3) is 5.91 Å². The van der Waals surface area contributed by atoms with Gasteiger partial charge in [0.15, 0.2) is 17.4 Å². The van der Waals surface area contributed by atoms with Crippen LogP contribution in [0.3, 0.4) is 0 Å². The van der Waals surface area contributed by atoms with Crippen LogP contribution < -0.4 is 5.32 Å². The lowest BCUT2D eigenvalue weighted by Gasteiger charge is -2.19. The van der Waals surface area contributed by atoms with Gasteiger partial charge < -0.3 is 5.32 Å². The lowest BCUT2D eigenvalue weighted by Crippen LogP contribution is -2.44. The van der Waals surface area contributed by atoms with E-state index in [0.29, 0.717) is 12.8 Å². The molecule has 1 saturated heterocycles. The Morgan fingerprint density at radius 3 is 2.50 bits per heavy atom. The van der Waals surface area contributed by atoms with Gasteiger partial charge in [-0.1, -0.05) is 12.8 Å². The Bertz CT molecular complexity index is 669. The van der Waals surface area contributed by atoms with Crippen molar-refractivity contribution in [1.29, 1.82) is 0 Å². The van der Waals surface area contributed by atoms with Gasteiger partial charge in [0.2, 0.25) is 0 Å². The van der Waals surface area contributed by atoms with Crippen LogP contribution in [-0.2, 0) is 4.79 Å². The highest BCUT2D eigenvalue weighted by atomic mass is 19.2. The second-order valence-electron chi connectivity index (χ2n) is 5.66. The summed E-state index contributed by atoms with van der Waals surface area (Å²) in [6.45, 7) is -0.475. The van der Waals surface area contributed by atoms with Crippen molar-refractivity contribution in [1.82, 2.24) is 10.2 Å². The second-order valence-corrected chi connectivity index (χ2v) is 5.66. The van der Waals surface area contributed by atoms with E-state index in [9.17, 15) is 23.2 Å². The number of halogens is 2. The summed E-state index contributed by atoms with van der Waals surface area (Å²) in [7, 11) is 0. The number of hydrogen-bond acceptors (Lipinski definition) is 3. The highest BCUT2D eigenvalue weighted by molar-refractivity contribution is 6.11. The summed E-state index contributed by atoms with van der Waals surface area (Å²) in [4.78, 5) is 37.3. The van der Waals surface area contributed by atoms with Gasteiger partial charge >= 0.3 is 6.03 Å². The van der Waals surface area contributed by atoms with E-state index in [0.717, 1.165) is 35.9 Å². The SMILES string of the molecule is O=C(CN1C(=O)NC2(CCCC2)C1=O)c1ccc(F)c(F)c1. The molecule has 1 saturated carbocycles. The Balaban J connectivity index is 1.77. The highest BCUT2D eigenvalue weighted by Gasteiger charge is 2.52. The molecule has 2 fully saturated rings. The fourth-order valence-electron chi connectivity index (χ4n) is 3.04. The predicted octanol–water partition coefficient (Wildman–Crippen LogP) is 2.01. The van der Waals surface area contributed by atoms with E-state index in [2.05, 4.69) is 5.32 Å². The molecule has 1 heterocycles. The maximum Gasteiger partial charge on any atom is 0.325 e. The van der Waals surface area contributed by atoms with Crippen LogP contribution in [0, 0.1) is 11.6 Å². The van der Waals surface area contributed by atoms with Crippen molar-refractivity contribution in [3.8, 4) is 0 Å². The average Bonchev–Trinajstić information content (AvgIpc) is 3.03. The number of nitrogens with one attached hydrogen (secondary N) is 1. The van der Waals surface area contributed by atoms with Crippen LogP contribution >= 0.6 is 0 Å². The smallest absolute Gasteiger partial charge is 0.323 e. The minimum absolute atomic E-state index is 0.0770. The lowest BCUT2D eigenvalue weighted by molar-refractivity contribution is -0.130. The van der Waals surface area contributed by atoms with Crippen LogP contribution in [0.5, 0.6) is 0 Å². The van der Waals surface area contributed by atoms with Crippen LogP contribution in [0.2, 0.25) is 0 Å². The second kappa shape index (κ2) is 5.15. The van der Waals surface area contributed by atoms with E-state index in [1.54, 1.807) is 0 Å². The van der Waals surface area contributed by atoms with E-state index < -0.39 is 41.4 Å². The van der Waals surface area contributed by atoms with Crippen molar-refractivity contribution in [2.24, 2.45) is 0 Å². The minimum atomic E-state index is -1.14. The van der Waals surface area contributed by atoms with Crippen LogP contribution in [0.1, 0.15) is 36.0 Å². The minimum Gasteiger partial charge on any atom is -0.323 e. The van der Waals surface area contributed by atoms with Crippen LogP contribution in [0.15, 0.2) is 18.2 Å². The first-order valence-electron chi connectivity index (χ1n) is 7.05. The number of rotatable bonds is 3. The Kier molecular flexibility index (Phi) is 3.42. The zero-order valence-electron chi connectivity index (χ0n) is 11.7. The Labute approximate surface area is 125 Å². The fraction of sp³-hybridized carbons (Fsp3) is 0.400. The number of amides is 3. The number of carbonyl (C=O) groups is 3. The van der Waals surface area contributed by atoms with Crippen molar-refractivity contribution < 1.29 is 23.2 Å². The number of hydrogen-bond donors (Lipinski definition) is 1. The number of imide groups is 1. The zero-order valence-corrected chi connectivity index (χ0v) is 11.7. The van der Waals surface area contributed by atoms with E-state index >= 15 is 0 Å². The predicted molar refractivity (Wildman–Crippen MR) is 72.1 cm³/mol. The quantitative estimate of drug-likeness (QED) is 0.686. The van der Waals surface area contributed by atoms with Crippen molar-refractivity contribution >= 4 is 17.7 Å². The normalized spacial score (nSPS) is 19.8. The van der Waals surface area contributed by atoms with Gasteiger partial charge in [0.05, 0.1) is 6.54 Å². The first-order valence-corrected chi connectivity index (χ1v) is 7.05. The molecule has 0 radical (unpaired) electrons. The maximum atomic E-state index is 13.2. The standard InChI is InChI=1S/C15H14F2N2O3/c16-10-4-3-9(7-11(10)17)12(20)8-19-13(21)15(18-14(19)22)5-1-2-6-15/h3-4,7H,1-2,5-6,8H2,(H,18,22). The molecular weight excluding hydrogens is 294 g/mol. The molecule has 116 valence electrons. The van der Waals surface area contributed by atoms with Crippen molar-refractivity contribution in [3.63, 3.8) is 0 Å². The number of benzene rings is 1. The zero-order chi connectivity index (χ0) is 15.9. The molecule has 0 bridgehead atoms. The molecule has 1 aromatic carbocycles. The number of carbonyl (C=O) groups excluding carboxylic acids is 3. The molecule has 1 aromatic rings. The summed E-state index contributed by atoms with van der Waals surface area (Å²) in [5.41, 5.74) is -0.960. The third-order valence-corrected chi connectivity index (χ3v) is 4.25. The lowest BCUT2D eigenvalue weighted by atomic mass is 9.98. The summed E-state index contributed by atoms with van der Waals surface area (Å²) in [6.07, 6.45) is 2.81. The van der Waals surface area contributed by atoms with Gasteiger partial charge in [-0.25, -0.2) is 13.6 Å². The summed E-state index contributed by atoms with van der Waals surface area (Å²) >= 11 is 0. The van der Waals surface area contributed by atoms with Crippen molar-refractivity contribution in [2.75, 3.05) is 6.54 Å². The number of nitrogens with zero attached hydrogens (tertiary/aromatic N) is 1. The molecule has 1 N–H and O–H groups in total.